The average Bonchev–Trinajstić information content (AvgIpc) is 3.13. The molecule has 2 aliphatic rings. The van der Waals surface area contributed by atoms with Crippen molar-refractivity contribution in [2.45, 2.75) is 63.3 Å². The molecule has 148 valence electrons. The number of fused-ring (bicyclic) bond motifs is 1. The van der Waals surface area contributed by atoms with Gasteiger partial charge in [-0.2, -0.15) is 0 Å². The Bertz CT molecular complexity index is 739. The fourth-order valence-corrected chi connectivity index (χ4v) is 6.41. The molecule has 0 amide bonds. The summed E-state index contributed by atoms with van der Waals surface area (Å²) in [4.78, 5) is 1.48. The van der Waals surface area contributed by atoms with Gasteiger partial charge in [-0.05, 0) is 66.4 Å². The van der Waals surface area contributed by atoms with E-state index in [4.69, 9.17) is 23.2 Å². The average molecular weight is 445 g/mol. The zero-order valence-corrected chi connectivity index (χ0v) is 18.7. The van der Waals surface area contributed by atoms with Crippen LogP contribution in [-0.2, 0) is 0 Å². The molecular formula is C22H28Cl3NS. The van der Waals surface area contributed by atoms with Crippen LogP contribution >= 0.6 is 46.9 Å². The molecule has 2 aromatic rings. The Labute approximate surface area is 183 Å². The molecule has 1 fully saturated rings. The molecule has 1 aromatic heterocycles. The lowest BCUT2D eigenvalue weighted by Crippen LogP contribution is -2.28. The zero-order valence-electron chi connectivity index (χ0n) is 15.6. The Kier molecular flexibility index (Phi) is 7.93. The van der Waals surface area contributed by atoms with Gasteiger partial charge in [0, 0.05) is 26.9 Å². The predicted molar refractivity (Wildman–Crippen MR) is 121 cm³/mol. The second-order valence-corrected chi connectivity index (χ2v) is 9.63. The van der Waals surface area contributed by atoms with Gasteiger partial charge >= 0.3 is 0 Å². The van der Waals surface area contributed by atoms with E-state index in [0.29, 0.717) is 17.0 Å². The molecule has 0 bridgehead atoms. The van der Waals surface area contributed by atoms with Gasteiger partial charge in [-0.3, -0.25) is 0 Å². The van der Waals surface area contributed by atoms with Crippen molar-refractivity contribution in [3.63, 3.8) is 0 Å². The molecule has 0 saturated heterocycles. The molecule has 4 rings (SSSR count). The fourth-order valence-electron chi connectivity index (χ4n) is 4.75. The fraction of sp³-hybridized carbons (Fsp3) is 0.545. The Morgan fingerprint density at radius 3 is 2.56 bits per heavy atom. The Morgan fingerprint density at radius 1 is 0.963 bits per heavy atom. The van der Waals surface area contributed by atoms with Gasteiger partial charge in [0.25, 0.3) is 0 Å². The van der Waals surface area contributed by atoms with Crippen LogP contribution in [-0.4, -0.2) is 6.54 Å². The van der Waals surface area contributed by atoms with Crippen molar-refractivity contribution in [1.82, 2.24) is 5.32 Å². The summed E-state index contributed by atoms with van der Waals surface area (Å²) in [5.41, 5.74) is 2.71. The molecular weight excluding hydrogens is 417 g/mol. The number of thiophene rings is 1. The minimum absolute atomic E-state index is 0. The van der Waals surface area contributed by atoms with E-state index in [1.807, 2.05) is 23.5 Å². The molecule has 1 N–H and O–H groups in total. The van der Waals surface area contributed by atoms with Crippen LogP contribution in [0, 0.1) is 5.92 Å². The van der Waals surface area contributed by atoms with Gasteiger partial charge in [-0.1, -0.05) is 61.4 Å². The third kappa shape index (κ3) is 5.03. The zero-order chi connectivity index (χ0) is 17.9. The van der Waals surface area contributed by atoms with Crippen molar-refractivity contribution >= 4 is 46.9 Å². The van der Waals surface area contributed by atoms with Gasteiger partial charge in [0.05, 0.1) is 0 Å². The lowest BCUT2D eigenvalue weighted by Gasteiger charge is -2.31. The first kappa shape index (κ1) is 21.5. The first-order valence-corrected chi connectivity index (χ1v) is 11.6. The van der Waals surface area contributed by atoms with Crippen LogP contribution in [0.25, 0.3) is 0 Å². The molecule has 0 aliphatic heterocycles. The quantitative estimate of drug-likeness (QED) is 0.492. The van der Waals surface area contributed by atoms with Crippen LogP contribution in [0.2, 0.25) is 10.0 Å². The van der Waals surface area contributed by atoms with Crippen molar-refractivity contribution in [2.75, 3.05) is 6.54 Å². The lowest BCUT2D eigenvalue weighted by atomic mass is 9.81. The number of hydrogen-bond acceptors (Lipinski definition) is 2. The molecule has 0 radical (unpaired) electrons. The molecule has 27 heavy (non-hydrogen) atoms. The summed E-state index contributed by atoms with van der Waals surface area (Å²) in [5.74, 6) is 1.36. The van der Waals surface area contributed by atoms with Crippen molar-refractivity contribution in [1.29, 1.82) is 0 Å². The van der Waals surface area contributed by atoms with E-state index in [0.717, 1.165) is 23.9 Å². The second kappa shape index (κ2) is 9.98. The maximum Gasteiger partial charge on any atom is 0.0459 e. The molecule has 2 aliphatic carbocycles. The van der Waals surface area contributed by atoms with Gasteiger partial charge < -0.3 is 5.32 Å². The van der Waals surface area contributed by atoms with Gasteiger partial charge in [0.15, 0.2) is 0 Å². The van der Waals surface area contributed by atoms with E-state index in [9.17, 15) is 0 Å². The minimum Gasteiger partial charge on any atom is -0.310 e. The number of rotatable bonds is 5. The summed E-state index contributed by atoms with van der Waals surface area (Å²) in [5, 5.41) is 7.61. The monoisotopic (exact) mass is 443 g/mol. The van der Waals surface area contributed by atoms with E-state index in [-0.39, 0.29) is 12.4 Å². The molecule has 2 atom stereocenters. The van der Waals surface area contributed by atoms with Crippen LogP contribution < -0.4 is 5.32 Å². The van der Waals surface area contributed by atoms with Gasteiger partial charge in [0.1, 0.15) is 0 Å². The maximum atomic E-state index is 6.51. The third-order valence-electron chi connectivity index (χ3n) is 6.17. The highest BCUT2D eigenvalue weighted by atomic mass is 35.5. The number of halogens is 3. The van der Waals surface area contributed by atoms with Crippen LogP contribution in [0.3, 0.4) is 0 Å². The first-order chi connectivity index (χ1) is 12.7. The summed E-state index contributed by atoms with van der Waals surface area (Å²) in [6.45, 7) is 1.15. The van der Waals surface area contributed by atoms with E-state index >= 15 is 0 Å². The van der Waals surface area contributed by atoms with Crippen LogP contribution in [0.4, 0.5) is 0 Å². The summed E-state index contributed by atoms with van der Waals surface area (Å²) < 4.78 is 0. The Hall–Kier alpha value is -0.250. The summed E-state index contributed by atoms with van der Waals surface area (Å²) >= 11 is 14.5. The first-order valence-electron chi connectivity index (χ1n) is 9.98. The smallest absolute Gasteiger partial charge is 0.0459 e. The molecule has 1 aromatic carbocycles. The van der Waals surface area contributed by atoms with Crippen molar-refractivity contribution in [3.8, 4) is 0 Å². The third-order valence-corrected chi connectivity index (χ3v) is 7.78. The van der Waals surface area contributed by atoms with E-state index in [2.05, 4.69) is 22.8 Å². The maximum absolute atomic E-state index is 6.51. The summed E-state index contributed by atoms with van der Waals surface area (Å²) in [7, 11) is 0. The Balaban J connectivity index is 0.00000210. The summed E-state index contributed by atoms with van der Waals surface area (Å²) in [6.07, 6.45) is 10.9. The topological polar surface area (TPSA) is 12.0 Å². The molecule has 5 heteroatoms. The molecule has 0 spiro atoms. The number of hydrogen-bond donors (Lipinski definition) is 1. The molecule has 1 saturated carbocycles. The van der Waals surface area contributed by atoms with Gasteiger partial charge in [-0.25, -0.2) is 0 Å². The van der Waals surface area contributed by atoms with E-state index in [1.54, 1.807) is 0 Å². The minimum atomic E-state index is 0. The van der Waals surface area contributed by atoms with Crippen LogP contribution in [0.15, 0.2) is 29.6 Å². The second-order valence-electron chi connectivity index (χ2n) is 7.84. The molecule has 1 nitrogen and oxygen atoms in total. The van der Waals surface area contributed by atoms with Gasteiger partial charge in [0.2, 0.25) is 0 Å². The number of benzene rings is 1. The highest BCUT2D eigenvalue weighted by molar-refractivity contribution is 7.10. The molecule has 1 heterocycles. The lowest BCUT2D eigenvalue weighted by molar-refractivity contribution is 0.323. The highest BCUT2D eigenvalue weighted by Gasteiger charge is 2.30. The standard InChI is InChI=1S/C22H27Cl2NS.ClH/c23-16-6-7-17(20(24)14-16)18-8-9-21(19-11-13-26-22(18)19)25-12-10-15-4-2-1-3-5-15;/h6-7,11,13-15,18,21,25H,1-5,8-10,12H2;1H. The predicted octanol–water partition coefficient (Wildman–Crippen LogP) is 8.00. The summed E-state index contributed by atoms with van der Waals surface area (Å²) in [6, 6.07) is 8.76. The SMILES string of the molecule is Cl.Clc1ccc(C2CCC(NCCC3CCCCC3)c3ccsc32)c(Cl)c1. The number of nitrogens with one attached hydrogen (secondary N) is 1. The van der Waals surface area contributed by atoms with Crippen LogP contribution in [0.5, 0.6) is 0 Å². The highest BCUT2D eigenvalue weighted by Crippen LogP contribution is 2.46. The Morgan fingerprint density at radius 2 is 1.78 bits per heavy atom. The normalized spacial score (nSPS) is 22.9. The molecule has 2 unspecified atom stereocenters. The van der Waals surface area contributed by atoms with Crippen molar-refractivity contribution < 1.29 is 0 Å². The van der Waals surface area contributed by atoms with Crippen LogP contribution in [0.1, 0.15) is 79.3 Å². The van der Waals surface area contributed by atoms with Crippen molar-refractivity contribution in [2.24, 2.45) is 5.92 Å². The van der Waals surface area contributed by atoms with E-state index < -0.39 is 0 Å². The van der Waals surface area contributed by atoms with Gasteiger partial charge in [-0.15, -0.1) is 23.7 Å². The largest absolute Gasteiger partial charge is 0.310 e. The van der Waals surface area contributed by atoms with E-state index in [1.165, 1.54) is 60.9 Å². The van der Waals surface area contributed by atoms with Crippen molar-refractivity contribution in [3.05, 3.63) is 55.7 Å².